The first-order valence-corrected chi connectivity index (χ1v) is 6.65. The molecule has 0 spiro atoms. The first-order valence-electron chi connectivity index (χ1n) is 6.65. The highest BCUT2D eigenvalue weighted by atomic mass is 15.1. The van der Waals surface area contributed by atoms with Crippen LogP contribution in [0, 0.1) is 0 Å². The summed E-state index contributed by atoms with van der Waals surface area (Å²) in [4.78, 5) is 4.58. The summed E-state index contributed by atoms with van der Waals surface area (Å²) in [7, 11) is 0. The van der Waals surface area contributed by atoms with Gasteiger partial charge in [-0.1, -0.05) is 0 Å². The van der Waals surface area contributed by atoms with Gasteiger partial charge in [0.1, 0.15) is 0 Å². The molecule has 1 fully saturated rings. The smallest absolute Gasteiger partial charge is 0.0954 e. The molecular formula is C13H21N3. The van der Waals surface area contributed by atoms with E-state index in [0.29, 0.717) is 12.1 Å². The normalized spacial score (nSPS) is 30.1. The Labute approximate surface area is 97.0 Å². The van der Waals surface area contributed by atoms with Gasteiger partial charge in [-0.15, -0.1) is 0 Å². The third-order valence-corrected chi connectivity index (χ3v) is 4.14. The number of fused-ring (bicyclic) bond motifs is 1. The Morgan fingerprint density at radius 2 is 2.06 bits per heavy atom. The number of hydrogen-bond acceptors (Lipinski definition) is 2. The molecule has 2 aliphatic carbocycles. The van der Waals surface area contributed by atoms with E-state index in [9.17, 15) is 0 Å². The molecule has 88 valence electrons. The lowest BCUT2D eigenvalue weighted by molar-refractivity contribution is 0.313. The molecular weight excluding hydrogens is 198 g/mol. The van der Waals surface area contributed by atoms with Crippen LogP contribution in [0.5, 0.6) is 0 Å². The second-order valence-electron chi connectivity index (χ2n) is 5.33. The van der Waals surface area contributed by atoms with Crippen molar-refractivity contribution in [2.75, 3.05) is 0 Å². The number of nitrogens with two attached hydrogens (primary N) is 1. The first-order chi connectivity index (χ1) is 7.84. The van der Waals surface area contributed by atoms with Gasteiger partial charge < -0.3 is 10.3 Å². The average Bonchev–Trinajstić information content (AvgIpc) is 2.72. The van der Waals surface area contributed by atoms with Crippen LogP contribution in [0.3, 0.4) is 0 Å². The highest BCUT2D eigenvalue weighted by molar-refractivity contribution is 5.17. The molecule has 1 aromatic rings. The average molecular weight is 219 g/mol. The Morgan fingerprint density at radius 1 is 1.19 bits per heavy atom. The lowest BCUT2D eigenvalue weighted by Gasteiger charge is -2.29. The van der Waals surface area contributed by atoms with Gasteiger partial charge in [0.25, 0.3) is 0 Å². The predicted molar refractivity (Wildman–Crippen MR) is 64.3 cm³/mol. The summed E-state index contributed by atoms with van der Waals surface area (Å²) in [6.45, 7) is 0. The van der Waals surface area contributed by atoms with Crippen molar-refractivity contribution in [1.82, 2.24) is 9.55 Å². The summed E-state index contributed by atoms with van der Waals surface area (Å²) < 4.78 is 2.44. The van der Waals surface area contributed by atoms with Crippen LogP contribution in [0.4, 0.5) is 0 Å². The molecule has 3 nitrogen and oxygen atoms in total. The van der Waals surface area contributed by atoms with Gasteiger partial charge in [0.2, 0.25) is 0 Å². The Hall–Kier alpha value is -0.830. The van der Waals surface area contributed by atoms with Crippen LogP contribution in [-0.4, -0.2) is 15.6 Å². The van der Waals surface area contributed by atoms with E-state index in [0.717, 1.165) is 6.42 Å². The Bertz CT molecular complexity index is 369. The number of aromatic nitrogens is 2. The highest BCUT2D eigenvalue weighted by Gasteiger charge is 2.24. The fraction of sp³-hybridized carbons (Fsp3) is 0.769. The zero-order chi connectivity index (χ0) is 11.0. The predicted octanol–water partition coefficient (Wildman–Crippen LogP) is 2.20. The summed E-state index contributed by atoms with van der Waals surface area (Å²) in [6.07, 6.45) is 12.0. The van der Waals surface area contributed by atoms with E-state index in [1.54, 1.807) is 0 Å². The maximum Gasteiger partial charge on any atom is 0.0954 e. The second-order valence-corrected chi connectivity index (χ2v) is 5.33. The molecule has 2 N–H and O–H groups in total. The minimum absolute atomic E-state index is 0.403. The van der Waals surface area contributed by atoms with E-state index in [1.165, 1.54) is 56.3 Å². The van der Waals surface area contributed by atoms with E-state index >= 15 is 0 Å². The van der Waals surface area contributed by atoms with E-state index in [-0.39, 0.29) is 0 Å². The number of imidazole rings is 1. The van der Waals surface area contributed by atoms with Gasteiger partial charge in [-0.3, -0.25) is 0 Å². The van der Waals surface area contributed by atoms with Gasteiger partial charge in [0, 0.05) is 17.8 Å². The minimum Gasteiger partial charge on any atom is -0.331 e. The van der Waals surface area contributed by atoms with Gasteiger partial charge in [0.15, 0.2) is 0 Å². The molecule has 1 saturated carbocycles. The summed E-state index contributed by atoms with van der Waals surface area (Å²) in [5.74, 6) is 0. The Kier molecular flexibility index (Phi) is 2.72. The van der Waals surface area contributed by atoms with Crippen molar-refractivity contribution in [1.29, 1.82) is 0 Å². The Morgan fingerprint density at radius 3 is 2.94 bits per heavy atom. The first kappa shape index (κ1) is 10.3. The van der Waals surface area contributed by atoms with Crippen LogP contribution >= 0.6 is 0 Å². The molecule has 0 aromatic carbocycles. The molecule has 0 amide bonds. The van der Waals surface area contributed by atoms with Gasteiger partial charge in [0.05, 0.1) is 12.0 Å². The van der Waals surface area contributed by atoms with Crippen molar-refractivity contribution >= 4 is 0 Å². The van der Waals surface area contributed by atoms with Gasteiger partial charge >= 0.3 is 0 Å². The van der Waals surface area contributed by atoms with E-state index in [4.69, 9.17) is 5.73 Å². The number of nitrogens with zero attached hydrogens (tertiary/aromatic N) is 2. The van der Waals surface area contributed by atoms with E-state index in [1.807, 2.05) is 0 Å². The van der Waals surface area contributed by atoms with Crippen molar-refractivity contribution in [3.63, 3.8) is 0 Å². The van der Waals surface area contributed by atoms with Crippen molar-refractivity contribution in [3.05, 3.63) is 17.7 Å². The molecule has 2 atom stereocenters. The van der Waals surface area contributed by atoms with Crippen LogP contribution < -0.4 is 5.73 Å². The third kappa shape index (κ3) is 1.77. The van der Waals surface area contributed by atoms with Crippen LogP contribution in [0.15, 0.2) is 6.33 Å². The molecule has 3 rings (SSSR count). The maximum atomic E-state index is 6.07. The minimum atomic E-state index is 0.403. The van der Waals surface area contributed by atoms with E-state index < -0.39 is 0 Å². The Balaban J connectivity index is 1.85. The molecule has 2 unspecified atom stereocenters. The summed E-state index contributed by atoms with van der Waals surface area (Å²) in [6, 6.07) is 1.03. The molecule has 0 aliphatic heterocycles. The van der Waals surface area contributed by atoms with Gasteiger partial charge in [-0.25, -0.2) is 4.98 Å². The second kappa shape index (κ2) is 4.21. The van der Waals surface area contributed by atoms with Crippen molar-refractivity contribution in [2.45, 2.75) is 63.5 Å². The highest BCUT2D eigenvalue weighted by Crippen LogP contribution is 2.31. The fourth-order valence-electron chi connectivity index (χ4n) is 3.26. The lowest BCUT2D eigenvalue weighted by Crippen LogP contribution is -2.30. The third-order valence-electron chi connectivity index (χ3n) is 4.14. The monoisotopic (exact) mass is 219 g/mol. The lowest BCUT2D eigenvalue weighted by atomic mass is 9.90. The summed E-state index contributed by atoms with van der Waals surface area (Å²) in [5.41, 5.74) is 8.93. The molecule has 1 heterocycles. The summed E-state index contributed by atoms with van der Waals surface area (Å²) in [5, 5.41) is 0. The standard InChI is InChI=1S/C13H21N3/c14-10-4-3-5-11(8-10)16-9-15-12-6-1-2-7-13(12)16/h9-11H,1-8,14H2. The van der Waals surface area contributed by atoms with E-state index in [2.05, 4.69) is 15.9 Å². The number of hydrogen-bond donors (Lipinski definition) is 1. The molecule has 0 saturated heterocycles. The topological polar surface area (TPSA) is 43.8 Å². The zero-order valence-electron chi connectivity index (χ0n) is 9.86. The molecule has 2 aliphatic rings. The van der Waals surface area contributed by atoms with Crippen LogP contribution in [-0.2, 0) is 12.8 Å². The zero-order valence-corrected chi connectivity index (χ0v) is 9.86. The molecule has 1 aromatic heterocycles. The SMILES string of the molecule is NC1CCCC(n2cnc3c2CCCC3)C1. The van der Waals surface area contributed by atoms with Gasteiger partial charge in [-0.2, -0.15) is 0 Å². The van der Waals surface area contributed by atoms with Crippen molar-refractivity contribution in [2.24, 2.45) is 5.73 Å². The molecule has 0 radical (unpaired) electrons. The van der Waals surface area contributed by atoms with Crippen molar-refractivity contribution in [3.8, 4) is 0 Å². The maximum absolute atomic E-state index is 6.07. The number of aryl methyl sites for hydroxylation is 1. The fourth-order valence-corrected chi connectivity index (χ4v) is 3.26. The molecule has 0 bridgehead atoms. The van der Waals surface area contributed by atoms with Gasteiger partial charge in [-0.05, 0) is 51.4 Å². The summed E-state index contributed by atoms with van der Waals surface area (Å²) >= 11 is 0. The quantitative estimate of drug-likeness (QED) is 0.787. The number of rotatable bonds is 1. The van der Waals surface area contributed by atoms with Crippen LogP contribution in [0.1, 0.15) is 56.0 Å². The van der Waals surface area contributed by atoms with Crippen LogP contribution in [0.2, 0.25) is 0 Å². The van der Waals surface area contributed by atoms with Crippen LogP contribution in [0.25, 0.3) is 0 Å². The molecule has 3 heteroatoms. The van der Waals surface area contributed by atoms with Crippen molar-refractivity contribution < 1.29 is 0 Å². The largest absolute Gasteiger partial charge is 0.331 e. The molecule has 16 heavy (non-hydrogen) atoms.